The lowest BCUT2D eigenvalue weighted by molar-refractivity contribution is -0.132. The molecule has 5 rings (SSSR count). The standard InChI is InChI=1S/C24H20N2O7S/c1-30-15-5-3-13(11-17(15)31-2)20-19(22(28)23(29)26(20)24-25-7-10-34-24)21(27)14-4-6-16-18(12-14)33-9-8-32-16/h3-7,10-12,20,27H,8-9H2,1-2H3/b21-19+. The number of aliphatic hydroxyl groups is 1. The first-order chi connectivity index (χ1) is 16.5. The van der Waals surface area contributed by atoms with Gasteiger partial charge in [0.2, 0.25) is 0 Å². The third-order valence-electron chi connectivity index (χ3n) is 5.61. The minimum Gasteiger partial charge on any atom is -0.507 e. The SMILES string of the molecule is COc1ccc(C2/C(=C(\O)c3ccc4c(c3)OCCO4)C(=O)C(=O)N2c2nccs2)cc1OC. The van der Waals surface area contributed by atoms with Gasteiger partial charge in [-0.25, -0.2) is 4.98 Å². The first-order valence-corrected chi connectivity index (χ1v) is 11.2. The number of amides is 1. The molecule has 10 heteroatoms. The van der Waals surface area contributed by atoms with Crippen LogP contribution in [-0.2, 0) is 9.59 Å². The average Bonchev–Trinajstić information content (AvgIpc) is 3.49. The highest BCUT2D eigenvalue weighted by atomic mass is 32.1. The van der Waals surface area contributed by atoms with Gasteiger partial charge in [0, 0.05) is 17.1 Å². The predicted molar refractivity (Wildman–Crippen MR) is 124 cm³/mol. The number of anilines is 1. The largest absolute Gasteiger partial charge is 0.507 e. The van der Waals surface area contributed by atoms with Crippen LogP contribution < -0.4 is 23.8 Å². The van der Waals surface area contributed by atoms with Gasteiger partial charge in [-0.05, 0) is 35.9 Å². The van der Waals surface area contributed by atoms with E-state index in [-0.39, 0.29) is 11.3 Å². The van der Waals surface area contributed by atoms with Crippen molar-refractivity contribution < 1.29 is 33.6 Å². The Morgan fingerprint density at radius 2 is 1.82 bits per heavy atom. The van der Waals surface area contributed by atoms with Gasteiger partial charge in [-0.2, -0.15) is 0 Å². The molecule has 1 unspecified atom stereocenters. The number of hydrogen-bond acceptors (Lipinski definition) is 9. The molecule has 0 saturated carbocycles. The van der Waals surface area contributed by atoms with E-state index in [9.17, 15) is 14.7 Å². The maximum Gasteiger partial charge on any atom is 0.301 e. The smallest absolute Gasteiger partial charge is 0.301 e. The number of Topliss-reactive ketones (excluding diaryl/α,β-unsaturated/α-hetero) is 1. The molecule has 2 aromatic carbocycles. The molecule has 34 heavy (non-hydrogen) atoms. The number of fused-ring (bicyclic) bond motifs is 1. The molecule has 9 nitrogen and oxygen atoms in total. The quantitative estimate of drug-likeness (QED) is 0.336. The summed E-state index contributed by atoms with van der Waals surface area (Å²) >= 11 is 1.22. The number of hydrogen-bond donors (Lipinski definition) is 1. The molecule has 1 saturated heterocycles. The third-order valence-corrected chi connectivity index (χ3v) is 6.38. The summed E-state index contributed by atoms with van der Waals surface area (Å²) in [5, 5.41) is 13.3. The number of benzene rings is 2. The number of ketones is 1. The van der Waals surface area contributed by atoms with Crippen molar-refractivity contribution in [3.8, 4) is 23.0 Å². The summed E-state index contributed by atoms with van der Waals surface area (Å²) in [5.74, 6) is -0.0201. The zero-order valence-corrected chi connectivity index (χ0v) is 19.1. The second kappa shape index (κ2) is 8.71. The van der Waals surface area contributed by atoms with E-state index in [4.69, 9.17) is 18.9 Å². The second-order valence-corrected chi connectivity index (χ2v) is 8.33. The van der Waals surface area contributed by atoms with Crippen LogP contribution in [0.5, 0.6) is 23.0 Å². The van der Waals surface area contributed by atoms with Gasteiger partial charge in [-0.15, -0.1) is 11.3 Å². The van der Waals surface area contributed by atoms with E-state index in [2.05, 4.69) is 4.98 Å². The normalized spacial score (nSPS) is 18.8. The van der Waals surface area contributed by atoms with Crippen LogP contribution in [0.15, 0.2) is 53.5 Å². The Balaban J connectivity index is 1.70. The van der Waals surface area contributed by atoms with E-state index in [1.165, 1.54) is 30.5 Å². The van der Waals surface area contributed by atoms with Gasteiger partial charge in [-0.3, -0.25) is 14.5 Å². The Morgan fingerprint density at radius 3 is 2.53 bits per heavy atom. The van der Waals surface area contributed by atoms with Gasteiger partial charge in [0.15, 0.2) is 28.1 Å². The topological polar surface area (TPSA) is 107 Å². The fourth-order valence-electron chi connectivity index (χ4n) is 4.05. The first kappa shape index (κ1) is 21.8. The van der Waals surface area contributed by atoms with Crippen LogP contribution in [0.3, 0.4) is 0 Å². The molecule has 1 N–H and O–H groups in total. The van der Waals surface area contributed by atoms with Crippen molar-refractivity contribution >= 4 is 33.9 Å². The van der Waals surface area contributed by atoms with Crippen molar-refractivity contribution in [2.75, 3.05) is 32.3 Å². The fraction of sp³-hybridized carbons (Fsp3) is 0.208. The molecule has 0 radical (unpaired) electrons. The average molecular weight is 480 g/mol. The highest BCUT2D eigenvalue weighted by molar-refractivity contribution is 7.14. The van der Waals surface area contributed by atoms with Crippen molar-refractivity contribution in [2.24, 2.45) is 0 Å². The zero-order chi connectivity index (χ0) is 23.8. The lowest BCUT2D eigenvalue weighted by Gasteiger charge is -2.24. The van der Waals surface area contributed by atoms with E-state index in [0.29, 0.717) is 52.5 Å². The number of carbonyl (C=O) groups is 2. The van der Waals surface area contributed by atoms with Crippen LogP contribution in [0.4, 0.5) is 5.13 Å². The van der Waals surface area contributed by atoms with Gasteiger partial charge in [0.05, 0.1) is 25.8 Å². The van der Waals surface area contributed by atoms with Crippen molar-refractivity contribution in [1.29, 1.82) is 0 Å². The summed E-state index contributed by atoms with van der Waals surface area (Å²) < 4.78 is 21.9. The molecule has 0 aliphatic carbocycles. The van der Waals surface area contributed by atoms with E-state index >= 15 is 0 Å². The summed E-state index contributed by atoms with van der Waals surface area (Å²) in [5.41, 5.74) is 0.808. The molecule has 2 aliphatic rings. The molecule has 1 aromatic heterocycles. The maximum absolute atomic E-state index is 13.2. The summed E-state index contributed by atoms with van der Waals surface area (Å²) in [7, 11) is 3.01. The van der Waals surface area contributed by atoms with Crippen LogP contribution in [-0.4, -0.2) is 49.2 Å². The monoisotopic (exact) mass is 480 g/mol. The van der Waals surface area contributed by atoms with E-state index in [0.717, 1.165) is 0 Å². The Bertz CT molecular complexity index is 1300. The highest BCUT2D eigenvalue weighted by Crippen LogP contribution is 2.45. The van der Waals surface area contributed by atoms with E-state index in [1.807, 2.05) is 0 Å². The van der Waals surface area contributed by atoms with Gasteiger partial charge in [0.25, 0.3) is 5.78 Å². The van der Waals surface area contributed by atoms with Crippen molar-refractivity contribution in [3.05, 3.63) is 64.7 Å². The molecule has 1 atom stereocenters. The second-order valence-electron chi connectivity index (χ2n) is 7.46. The van der Waals surface area contributed by atoms with Gasteiger partial charge in [-0.1, -0.05) is 6.07 Å². The number of nitrogens with zero attached hydrogens (tertiary/aromatic N) is 2. The molecule has 2 aliphatic heterocycles. The van der Waals surface area contributed by atoms with Crippen LogP contribution in [0.2, 0.25) is 0 Å². The lowest BCUT2D eigenvalue weighted by atomic mass is 9.95. The summed E-state index contributed by atoms with van der Waals surface area (Å²) in [4.78, 5) is 31.9. The molecule has 3 heterocycles. The molecule has 174 valence electrons. The Hall–Kier alpha value is -4.05. The summed E-state index contributed by atoms with van der Waals surface area (Å²) in [6, 6.07) is 9.01. The number of carbonyl (C=O) groups excluding carboxylic acids is 2. The van der Waals surface area contributed by atoms with Gasteiger partial charge >= 0.3 is 5.91 Å². The third kappa shape index (κ3) is 3.52. The number of aliphatic hydroxyl groups excluding tert-OH is 1. The number of ether oxygens (including phenoxy) is 4. The fourth-order valence-corrected chi connectivity index (χ4v) is 4.72. The van der Waals surface area contributed by atoms with E-state index in [1.54, 1.807) is 48.0 Å². The molecule has 0 bridgehead atoms. The Kier molecular flexibility index (Phi) is 5.58. The lowest BCUT2D eigenvalue weighted by Crippen LogP contribution is -2.29. The van der Waals surface area contributed by atoms with Crippen LogP contribution in [0, 0.1) is 0 Å². The number of thiazole rings is 1. The molecule has 3 aromatic rings. The zero-order valence-electron chi connectivity index (χ0n) is 18.3. The highest BCUT2D eigenvalue weighted by Gasteiger charge is 2.48. The van der Waals surface area contributed by atoms with Gasteiger partial charge < -0.3 is 24.1 Å². The number of methoxy groups -OCH3 is 2. The van der Waals surface area contributed by atoms with Crippen LogP contribution >= 0.6 is 11.3 Å². The van der Waals surface area contributed by atoms with Gasteiger partial charge in [0.1, 0.15) is 19.0 Å². The molecular formula is C24H20N2O7S. The summed E-state index contributed by atoms with van der Waals surface area (Å²) in [6.45, 7) is 0.799. The molecular weight excluding hydrogens is 460 g/mol. The first-order valence-electron chi connectivity index (χ1n) is 10.4. The number of aromatic nitrogens is 1. The van der Waals surface area contributed by atoms with Crippen molar-refractivity contribution in [3.63, 3.8) is 0 Å². The van der Waals surface area contributed by atoms with E-state index < -0.39 is 17.7 Å². The van der Waals surface area contributed by atoms with Crippen molar-refractivity contribution in [1.82, 2.24) is 4.98 Å². The predicted octanol–water partition coefficient (Wildman–Crippen LogP) is 3.56. The van der Waals surface area contributed by atoms with Crippen LogP contribution in [0.25, 0.3) is 5.76 Å². The molecule has 1 amide bonds. The Morgan fingerprint density at radius 1 is 1.06 bits per heavy atom. The number of rotatable bonds is 5. The molecule has 0 spiro atoms. The summed E-state index contributed by atoms with van der Waals surface area (Å²) in [6.07, 6.45) is 1.55. The van der Waals surface area contributed by atoms with Crippen LogP contribution in [0.1, 0.15) is 17.2 Å². The minimum absolute atomic E-state index is 0.0657. The maximum atomic E-state index is 13.2. The van der Waals surface area contributed by atoms with Crippen molar-refractivity contribution in [2.45, 2.75) is 6.04 Å². The molecule has 1 fully saturated rings. The Labute approximate surface area is 198 Å². The minimum atomic E-state index is -0.931.